The van der Waals surface area contributed by atoms with Crippen molar-refractivity contribution in [3.05, 3.63) is 27.0 Å². The predicted octanol–water partition coefficient (Wildman–Crippen LogP) is 0.378. The van der Waals surface area contributed by atoms with Gasteiger partial charge >= 0.3 is 5.69 Å². The van der Waals surface area contributed by atoms with Crippen LogP contribution in [0.1, 0.15) is 25.7 Å². The van der Waals surface area contributed by atoms with Gasteiger partial charge in [-0.1, -0.05) is 0 Å². The fraction of sp³-hybridized carbons (Fsp3) is 0.500. The molecule has 2 rings (SSSR count). The number of hydrogen-bond donors (Lipinski definition) is 1. The van der Waals surface area contributed by atoms with Crippen LogP contribution >= 0.6 is 0 Å². The van der Waals surface area contributed by atoms with Crippen molar-refractivity contribution >= 4 is 11.6 Å². The molecule has 1 aliphatic heterocycles. The van der Waals surface area contributed by atoms with Crippen molar-refractivity contribution in [2.45, 2.75) is 31.3 Å². The van der Waals surface area contributed by atoms with E-state index in [4.69, 9.17) is 6.42 Å². The molecule has 0 saturated heterocycles. The number of aromatic nitrogens is 2. The molecule has 2 heterocycles. The molecule has 0 unspecified atom stereocenters. The molecular weight excluding hydrogens is 286 g/mol. The van der Waals surface area contributed by atoms with Gasteiger partial charge in [-0.2, -0.15) is 10.2 Å². The highest BCUT2D eigenvalue weighted by Gasteiger charge is 2.39. The van der Waals surface area contributed by atoms with Gasteiger partial charge in [0.05, 0.1) is 0 Å². The number of amides is 1. The van der Waals surface area contributed by atoms with Gasteiger partial charge in [0.25, 0.3) is 5.56 Å². The molecule has 0 saturated carbocycles. The third-order valence-corrected chi connectivity index (χ3v) is 3.53. The highest BCUT2D eigenvalue weighted by molar-refractivity contribution is 5.90. The van der Waals surface area contributed by atoms with Crippen molar-refractivity contribution in [2.24, 2.45) is 24.3 Å². The van der Waals surface area contributed by atoms with E-state index in [0.717, 1.165) is 4.57 Å². The molecule has 116 valence electrons. The van der Waals surface area contributed by atoms with E-state index in [-0.39, 0.29) is 18.0 Å². The molecule has 8 nitrogen and oxygen atoms in total. The summed E-state index contributed by atoms with van der Waals surface area (Å²) in [5.74, 6) is 2.19. The Morgan fingerprint density at radius 1 is 1.36 bits per heavy atom. The topological polar surface area (TPSA) is 97.8 Å². The molecule has 0 atom stereocenters. The highest BCUT2D eigenvalue weighted by atomic mass is 16.2. The van der Waals surface area contributed by atoms with Crippen LogP contribution in [0.15, 0.2) is 26.0 Å². The average Bonchev–Trinajstić information content (AvgIpc) is 3.27. The zero-order valence-electron chi connectivity index (χ0n) is 12.5. The lowest BCUT2D eigenvalue weighted by molar-refractivity contribution is -0.116. The molecule has 1 N–H and O–H groups in total. The van der Waals surface area contributed by atoms with Crippen LogP contribution in [0.2, 0.25) is 0 Å². The van der Waals surface area contributed by atoms with Crippen LogP contribution in [-0.2, 0) is 18.9 Å². The van der Waals surface area contributed by atoms with Gasteiger partial charge in [0, 0.05) is 46.0 Å². The number of aryl methyl sites for hydroxylation is 1. The SMILES string of the molecule is C#CCCC1(CCC(=O)Nc2cn(C)c(=O)n(C)c2=O)N=N1. The van der Waals surface area contributed by atoms with E-state index in [1.165, 1.54) is 24.9 Å². The Kier molecular flexibility index (Phi) is 4.26. The monoisotopic (exact) mass is 303 g/mol. The van der Waals surface area contributed by atoms with Crippen molar-refractivity contribution < 1.29 is 4.79 Å². The molecule has 1 aliphatic rings. The van der Waals surface area contributed by atoms with Crippen molar-refractivity contribution in [3.8, 4) is 12.3 Å². The van der Waals surface area contributed by atoms with E-state index in [9.17, 15) is 14.4 Å². The van der Waals surface area contributed by atoms with Gasteiger partial charge in [0.2, 0.25) is 5.91 Å². The maximum atomic E-state index is 12.0. The Balaban J connectivity index is 1.98. The minimum Gasteiger partial charge on any atom is -0.320 e. The Bertz CT molecular complexity index is 775. The van der Waals surface area contributed by atoms with Gasteiger partial charge in [-0.05, 0) is 0 Å². The maximum Gasteiger partial charge on any atom is 0.330 e. The summed E-state index contributed by atoms with van der Waals surface area (Å²) in [4.78, 5) is 35.4. The number of nitrogens with zero attached hydrogens (tertiary/aromatic N) is 4. The molecule has 8 heteroatoms. The van der Waals surface area contributed by atoms with Crippen LogP contribution < -0.4 is 16.6 Å². The van der Waals surface area contributed by atoms with Gasteiger partial charge in [0.15, 0.2) is 5.66 Å². The standard InChI is InChI=1S/C14H17N5O3/c1-4-5-7-14(16-17-14)8-6-11(20)15-10-9-18(2)13(22)19(3)12(10)21/h1,9H,5-8H2,2-3H3,(H,15,20). The van der Waals surface area contributed by atoms with Gasteiger partial charge in [0.1, 0.15) is 5.69 Å². The number of carbonyl (C=O) groups is 1. The second-order valence-electron chi connectivity index (χ2n) is 5.24. The fourth-order valence-electron chi connectivity index (χ4n) is 2.09. The first-order valence-electron chi connectivity index (χ1n) is 6.82. The van der Waals surface area contributed by atoms with E-state index in [1.54, 1.807) is 0 Å². The van der Waals surface area contributed by atoms with E-state index >= 15 is 0 Å². The molecule has 22 heavy (non-hydrogen) atoms. The molecule has 1 aromatic rings. The van der Waals surface area contributed by atoms with Crippen LogP contribution in [-0.4, -0.2) is 20.7 Å². The zero-order valence-corrected chi connectivity index (χ0v) is 12.5. The molecule has 1 aromatic heterocycles. The second kappa shape index (κ2) is 5.97. The summed E-state index contributed by atoms with van der Waals surface area (Å²) in [6, 6.07) is 0. The van der Waals surface area contributed by atoms with Crippen molar-refractivity contribution in [3.63, 3.8) is 0 Å². The predicted molar refractivity (Wildman–Crippen MR) is 80.4 cm³/mol. The first-order valence-corrected chi connectivity index (χ1v) is 6.82. The third kappa shape index (κ3) is 3.31. The number of hydrogen-bond acceptors (Lipinski definition) is 5. The van der Waals surface area contributed by atoms with E-state index in [0.29, 0.717) is 19.3 Å². The maximum absolute atomic E-state index is 12.0. The largest absolute Gasteiger partial charge is 0.330 e. The normalized spacial score (nSPS) is 14.4. The Hall–Kier alpha value is -2.69. The van der Waals surface area contributed by atoms with Crippen LogP contribution in [0.4, 0.5) is 5.69 Å². The van der Waals surface area contributed by atoms with Gasteiger partial charge in [-0.25, -0.2) is 4.79 Å². The lowest BCUT2D eigenvalue weighted by Gasteiger charge is -2.10. The first-order chi connectivity index (χ1) is 10.4. The van der Waals surface area contributed by atoms with Crippen molar-refractivity contribution in [1.29, 1.82) is 0 Å². The second-order valence-corrected chi connectivity index (χ2v) is 5.24. The summed E-state index contributed by atoms with van der Waals surface area (Å²) < 4.78 is 2.17. The Morgan fingerprint density at radius 3 is 2.64 bits per heavy atom. The molecule has 1 amide bonds. The van der Waals surface area contributed by atoms with Crippen LogP contribution in [0, 0.1) is 12.3 Å². The summed E-state index contributed by atoms with van der Waals surface area (Å²) in [6.07, 6.45) is 8.31. The summed E-state index contributed by atoms with van der Waals surface area (Å²) >= 11 is 0. The molecule has 0 spiro atoms. The number of carbonyl (C=O) groups excluding carboxylic acids is 1. The fourth-order valence-corrected chi connectivity index (χ4v) is 2.09. The lowest BCUT2D eigenvalue weighted by atomic mass is 10.0. The number of rotatable bonds is 6. The number of anilines is 1. The number of terminal acetylenes is 1. The highest BCUT2D eigenvalue weighted by Crippen LogP contribution is 2.37. The minimum atomic E-state index is -0.542. The molecule has 0 radical (unpaired) electrons. The third-order valence-electron chi connectivity index (χ3n) is 3.53. The van der Waals surface area contributed by atoms with Crippen LogP contribution in [0.3, 0.4) is 0 Å². The van der Waals surface area contributed by atoms with Gasteiger partial charge in [-0.15, -0.1) is 12.3 Å². The Labute approximate surface area is 126 Å². The number of nitrogens with one attached hydrogen (secondary N) is 1. The summed E-state index contributed by atoms with van der Waals surface area (Å²) in [5, 5.41) is 10.4. The summed E-state index contributed by atoms with van der Waals surface area (Å²) in [7, 11) is 2.87. The van der Waals surface area contributed by atoms with E-state index < -0.39 is 16.9 Å². The smallest absolute Gasteiger partial charge is 0.320 e. The summed E-state index contributed by atoms with van der Waals surface area (Å²) in [5.41, 5.74) is -1.46. The first kappa shape index (κ1) is 15.7. The average molecular weight is 303 g/mol. The zero-order chi connectivity index (χ0) is 16.3. The van der Waals surface area contributed by atoms with Gasteiger partial charge < -0.3 is 9.88 Å². The van der Waals surface area contributed by atoms with Crippen LogP contribution in [0.5, 0.6) is 0 Å². The summed E-state index contributed by atoms with van der Waals surface area (Å²) in [6.45, 7) is 0. The quantitative estimate of drug-likeness (QED) is 0.769. The Morgan fingerprint density at radius 2 is 2.05 bits per heavy atom. The molecule has 0 aromatic carbocycles. The molecule has 0 bridgehead atoms. The van der Waals surface area contributed by atoms with Crippen LogP contribution in [0.25, 0.3) is 0 Å². The minimum absolute atomic E-state index is 0.0666. The van der Waals surface area contributed by atoms with E-state index in [2.05, 4.69) is 21.5 Å². The van der Waals surface area contributed by atoms with Crippen molar-refractivity contribution in [1.82, 2.24) is 9.13 Å². The molecule has 0 fully saturated rings. The lowest BCUT2D eigenvalue weighted by Crippen LogP contribution is -2.38. The molecular formula is C14H17N5O3. The van der Waals surface area contributed by atoms with Crippen molar-refractivity contribution in [2.75, 3.05) is 5.32 Å². The molecule has 0 aliphatic carbocycles. The van der Waals surface area contributed by atoms with E-state index in [1.807, 2.05) is 0 Å². The van der Waals surface area contributed by atoms with Gasteiger partial charge in [-0.3, -0.25) is 14.2 Å².